The van der Waals surface area contributed by atoms with E-state index in [2.05, 4.69) is 35.8 Å². The third-order valence-corrected chi connectivity index (χ3v) is 3.24. The van der Waals surface area contributed by atoms with Crippen LogP contribution in [0.25, 0.3) is 0 Å². The summed E-state index contributed by atoms with van der Waals surface area (Å²) < 4.78 is 4.00. The van der Waals surface area contributed by atoms with Crippen LogP contribution >= 0.6 is 0 Å². The van der Waals surface area contributed by atoms with Crippen molar-refractivity contribution in [3.8, 4) is 0 Å². The quantitative estimate of drug-likeness (QED) is 0.830. The van der Waals surface area contributed by atoms with E-state index in [-0.39, 0.29) is 6.04 Å². The van der Waals surface area contributed by atoms with Crippen LogP contribution < -0.4 is 5.73 Å². The summed E-state index contributed by atoms with van der Waals surface area (Å²) in [5, 5.41) is 4.27. The van der Waals surface area contributed by atoms with Crippen molar-refractivity contribution in [3.05, 3.63) is 30.4 Å². The van der Waals surface area contributed by atoms with E-state index < -0.39 is 0 Å². The average molecular weight is 276 g/mol. The van der Waals surface area contributed by atoms with Crippen LogP contribution in [0.15, 0.2) is 18.9 Å². The molecule has 0 fully saturated rings. The van der Waals surface area contributed by atoms with Gasteiger partial charge in [-0.3, -0.25) is 0 Å². The number of hydrogen-bond donors (Lipinski definition) is 1. The Morgan fingerprint density at radius 1 is 1.30 bits per heavy atom. The maximum absolute atomic E-state index is 5.95. The van der Waals surface area contributed by atoms with Crippen LogP contribution in [0.2, 0.25) is 0 Å². The largest absolute Gasteiger partial charge is 0.330 e. The molecule has 1 atom stereocenters. The molecule has 6 nitrogen and oxygen atoms in total. The highest BCUT2D eigenvalue weighted by molar-refractivity contribution is 5.01. The van der Waals surface area contributed by atoms with Crippen LogP contribution in [0.4, 0.5) is 0 Å². The Balaban J connectivity index is 2.01. The topological polar surface area (TPSA) is 74.6 Å². The van der Waals surface area contributed by atoms with Gasteiger partial charge in [-0.05, 0) is 12.3 Å². The molecule has 0 radical (unpaired) electrons. The third kappa shape index (κ3) is 3.90. The first-order valence-corrected chi connectivity index (χ1v) is 7.21. The van der Waals surface area contributed by atoms with Crippen LogP contribution in [0.5, 0.6) is 0 Å². The molecule has 1 unspecified atom stereocenters. The fraction of sp³-hybridized carbons (Fsp3) is 0.643. The smallest absolute Gasteiger partial charge is 0.146 e. The summed E-state index contributed by atoms with van der Waals surface area (Å²) in [7, 11) is 0. The Hall–Kier alpha value is -1.69. The fourth-order valence-corrected chi connectivity index (χ4v) is 2.08. The van der Waals surface area contributed by atoms with Crippen LogP contribution in [-0.2, 0) is 19.5 Å². The first kappa shape index (κ1) is 14.7. The van der Waals surface area contributed by atoms with Gasteiger partial charge < -0.3 is 10.3 Å². The predicted molar refractivity (Wildman–Crippen MR) is 78.2 cm³/mol. The lowest BCUT2D eigenvalue weighted by Gasteiger charge is -2.08. The van der Waals surface area contributed by atoms with Gasteiger partial charge in [-0.25, -0.2) is 14.6 Å². The maximum atomic E-state index is 5.95. The summed E-state index contributed by atoms with van der Waals surface area (Å²) >= 11 is 0. The third-order valence-electron chi connectivity index (χ3n) is 3.24. The number of rotatable bonds is 7. The molecule has 0 aliphatic heterocycles. The first-order chi connectivity index (χ1) is 9.58. The normalized spacial score (nSPS) is 13.1. The number of nitrogens with zero attached hydrogens (tertiary/aromatic N) is 5. The predicted octanol–water partition coefficient (Wildman–Crippen LogP) is 1.46. The van der Waals surface area contributed by atoms with E-state index in [4.69, 9.17) is 5.73 Å². The minimum absolute atomic E-state index is 0.183. The summed E-state index contributed by atoms with van der Waals surface area (Å²) in [6, 6.07) is 0.183. The van der Waals surface area contributed by atoms with E-state index >= 15 is 0 Å². The standard InChI is InChI=1S/C14H24N6/c1-4-12(15)5-13-7-19(10-17-13)8-14-16-9-18-20(14)6-11(2)3/h7,9-12H,4-6,8,15H2,1-3H3. The van der Waals surface area contributed by atoms with E-state index in [0.29, 0.717) is 12.5 Å². The highest BCUT2D eigenvalue weighted by atomic mass is 15.3. The molecule has 0 aliphatic rings. The Morgan fingerprint density at radius 3 is 2.80 bits per heavy atom. The summed E-state index contributed by atoms with van der Waals surface area (Å²) in [6.07, 6.45) is 7.29. The van der Waals surface area contributed by atoms with E-state index in [1.54, 1.807) is 6.33 Å². The maximum Gasteiger partial charge on any atom is 0.146 e. The zero-order valence-corrected chi connectivity index (χ0v) is 12.5. The SMILES string of the molecule is CCC(N)Cc1cn(Cc2ncnn2CC(C)C)cn1. The molecular formula is C14H24N6. The van der Waals surface area contributed by atoms with E-state index in [9.17, 15) is 0 Å². The average Bonchev–Trinajstić information content (AvgIpc) is 3.00. The van der Waals surface area contributed by atoms with E-state index in [1.165, 1.54) is 0 Å². The molecule has 2 aromatic heterocycles. The minimum Gasteiger partial charge on any atom is -0.330 e. The van der Waals surface area contributed by atoms with Gasteiger partial charge in [0.25, 0.3) is 0 Å². The van der Waals surface area contributed by atoms with Gasteiger partial charge in [0, 0.05) is 25.2 Å². The van der Waals surface area contributed by atoms with Crippen molar-refractivity contribution in [2.75, 3.05) is 0 Å². The minimum atomic E-state index is 0.183. The number of imidazole rings is 1. The second-order valence-electron chi connectivity index (χ2n) is 5.66. The van der Waals surface area contributed by atoms with E-state index in [0.717, 1.165) is 30.9 Å². The second kappa shape index (κ2) is 6.65. The summed E-state index contributed by atoms with van der Waals surface area (Å²) in [4.78, 5) is 8.73. The van der Waals surface area contributed by atoms with Crippen LogP contribution in [0.3, 0.4) is 0 Å². The number of hydrogen-bond acceptors (Lipinski definition) is 4. The molecule has 0 saturated carbocycles. The molecule has 0 bridgehead atoms. The Bertz CT molecular complexity index is 527. The van der Waals surface area contributed by atoms with Gasteiger partial charge in [0.05, 0.1) is 18.6 Å². The van der Waals surface area contributed by atoms with Crippen molar-refractivity contribution >= 4 is 0 Å². The molecule has 2 heterocycles. The molecule has 2 rings (SSSR count). The monoisotopic (exact) mass is 276 g/mol. The Labute approximate surface area is 120 Å². The van der Waals surface area contributed by atoms with Crippen LogP contribution in [-0.4, -0.2) is 30.4 Å². The van der Waals surface area contributed by atoms with Crippen molar-refractivity contribution < 1.29 is 0 Å². The molecule has 0 saturated heterocycles. The summed E-state index contributed by atoms with van der Waals surface area (Å²) in [5.74, 6) is 1.51. The van der Waals surface area contributed by atoms with Gasteiger partial charge in [0.15, 0.2) is 0 Å². The van der Waals surface area contributed by atoms with Crippen molar-refractivity contribution in [2.24, 2.45) is 11.7 Å². The summed E-state index contributed by atoms with van der Waals surface area (Å²) in [6.45, 7) is 8.02. The molecule has 0 spiro atoms. The van der Waals surface area contributed by atoms with Crippen molar-refractivity contribution in [1.82, 2.24) is 24.3 Å². The summed E-state index contributed by atoms with van der Waals surface area (Å²) in [5.41, 5.74) is 6.99. The fourth-order valence-electron chi connectivity index (χ4n) is 2.08. The van der Waals surface area contributed by atoms with Crippen molar-refractivity contribution in [3.63, 3.8) is 0 Å². The molecule has 2 aromatic rings. The zero-order chi connectivity index (χ0) is 14.5. The van der Waals surface area contributed by atoms with Crippen molar-refractivity contribution in [1.29, 1.82) is 0 Å². The highest BCUT2D eigenvalue weighted by Crippen LogP contribution is 2.06. The zero-order valence-electron chi connectivity index (χ0n) is 12.5. The van der Waals surface area contributed by atoms with Crippen LogP contribution in [0, 0.1) is 5.92 Å². The lowest BCUT2D eigenvalue weighted by atomic mass is 10.1. The first-order valence-electron chi connectivity index (χ1n) is 7.21. The molecule has 0 aromatic carbocycles. The Morgan fingerprint density at radius 2 is 2.10 bits per heavy atom. The molecular weight excluding hydrogens is 252 g/mol. The van der Waals surface area contributed by atoms with Crippen molar-refractivity contribution in [2.45, 2.75) is 52.7 Å². The molecule has 20 heavy (non-hydrogen) atoms. The molecule has 0 amide bonds. The molecule has 0 aliphatic carbocycles. The molecule has 110 valence electrons. The van der Waals surface area contributed by atoms with Gasteiger partial charge in [0.2, 0.25) is 0 Å². The number of nitrogens with two attached hydrogens (primary N) is 1. The molecule has 2 N–H and O–H groups in total. The van der Waals surface area contributed by atoms with E-state index in [1.807, 2.05) is 21.8 Å². The number of aromatic nitrogens is 5. The van der Waals surface area contributed by atoms with Gasteiger partial charge in [-0.1, -0.05) is 20.8 Å². The Kier molecular flexibility index (Phi) is 4.89. The highest BCUT2D eigenvalue weighted by Gasteiger charge is 2.09. The van der Waals surface area contributed by atoms with Gasteiger partial charge in [-0.2, -0.15) is 5.10 Å². The lowest BCUT2D eigenvalue weighted by molar-refractivity contribution is 0.461. The van der Waals surface area contributed by atoms with Gasteiger partial charge in [0.1, 0.15) is 12.2 Å². The lowest BCUT2D eigenvalue weighted by Crippen LogP contribution is -2.21. The molecule has 6 heteroatoms. The van der Waals surface area contributed by atoms with Gasteiger partial charge >= 0.3 is 0 Å². The van der Waals surface area contributed by atoms with Gasteiger partial charge in [-0.15, -0.1) is 0 Å². The second-order valence-corrected chi connectivity index (χ2v) is 5.66. The van der Waals surface area contributed by atoms with Crippen LogP contribution in [0.1, 0.15) is 38.7 Å².